The quantitative estimate of drug-likeness (QED) is 0.737. The van der Waals surface area contributed by atoms with Crippen LogP contribution in [-0.4, -0.2) is 17.9 Å². The van der Waals surface area contributed by atoms with Crippen LogP contribution in [0.5, 0.6) is 5.75 Å². The molecule has 0 unspecified atom stereocenters. The van der Waals surface area contributed by atoms with Crippen LogP contribution in [0.3, 0.4) is 0 Å². The number of ether oxygens (including phenoxy) is 1. The van der Waals surface area contributed by atoms with Crippen molar-refractivity contribution in [1.29, 1.82) is 0 Å². The van der Waals surface area contributed by atoms with E-state index in [0.717, 1.165) is 12.1 Å². The van der Waals surface area contributed by atoms with Gasteiger partial charge in [-0.2, -0.15) is 0 Å². The summed E-state index contributed by atoms with van der Waals surface area (Å²) in [5.74, 6) is -2.53. The maximum atomic E-state index is 13.7. The molecule has 0 fully saturated rings. The van der Waals surface area contributed by atoms with Crippen LogP contribution in [0.4, 0.5) is 20.2 Å². The number of hydrogen-bond acceptors (Lipinski definition) is 3. The molecule has 0 saturated heterocycles. The smallest absolute Gasteiger partial charge is 0.239 e. The van der Waals surface area contributed by atoms with Crippen molar-refractivity contribution >= 4 is 23.2 Å². The average molecular weight is 376 g/mol. The number of benzene rings is 2. The number of hydrogen-bond donors (Lipinski definition) is 2. The Labute approximate surface area is 156 Å². The van der Waals surface area contributed by atoms with E-state index >= 15 is 0 Å². The first-order valence-corrected chi connectivity index (χ1v) is 8.45. The Morgan fingerprint density at radius 3 is 2.15 bits per heavy atom. The summed E-state index contributed by atoms with van der Waals surface area (Å²) in [6, 6.07) is 9.63. The van der Waals surface area contributed by atoms with Gasteiger partial charge in [-0.25, -0.2) is 8.78 Å². The Morgan fingerprint density at radius 2 is 1.56 bits per heavy atom. The predicted molar refractivity (Wildman–Crippen MR) is 99.6 cm³/mol. The van der Waals surface area contributed by atoms with Crippen molar-refractivity contribution in [2.24, 2.45) is 5.41 Å². The van der Waals surface area contributed by atoms with Gasteiger partial charge in [0.15, 0.2) is 0 Å². The maximum Gasteiger partial charge on any atom is 0.239 e. The Hall–Kier alpha value is -2.96. The Kier molecular flexibility index (Phi) is 6.15. The van der Waals surface area contributed by atoms with E-state index < -0.39 is 28.9 Å². The van der Waals surface area contributed by atoms with E-state index in [1.165, 1.54) is 13.8 Å². The zero-order valence-corrected chi connectivity index (χ0v) is 15.6. The summed E-state index contributed by atoms with van der Waals surface area (Å²) in [7, 11) is 0. The first kappa shape index (κ1) is 20.4. The summed E-state index contributed by atoms with van der Waals surface area (Å²) >= 11 is 0. The standard InChI is InChI=1S/C20H22F2N2O3/c1-12(2)27-17-8-6-5-7-16(17)24-19(26)20(3,4)18(25)23-15-10-9-13(21)11-14(15)22/h5-12H,1-4H3,(H,23,25)(H,24,26). The van der Waals surface area contributed by atoms with Crippen LogP contribution in [0, 0.1) is 17.0 Å². The lowest BCUT2D eigenvalue weighted by Crippen LogP contribution is -2.41. The third-order valence-electron chi connectivity index (χ3n) is 3.81. The van der Waals surface area contributed by atoms with Crippen molar-refractivity contribution in [3.63, 3.8) is 0 Å². The van der Waals surface area contributed by atoms with Gasteiger partial charge in [0.25, 0.3) is 0 Å². The number of nitrogens with one attached hydrogen (secondary N) is 2. The van der Waals surface area contributed by atoms with Gasteiger partial charge in [-0.15, -0.1) is 0 Å². The van der Waals surface area contributed by atoms with Crippen LogP contribution in [-0.2, 0) is 9.59 Å². The number of carbonyl (C=O) groups is 2. The second kappa shape index (κ2) is 8.16. The average Bonchev–Trinajstić information content (AvgIpc) is 2.58. The third-order valence-corrected chi connectivity index (χ3v) is 3.81. The monoisotopic (exact) mass is 376 g/mol. The van der Waals surface area contributed by atoms with E-state index in [4.69, 9.17) is 4.74 Å². The molecule has 2 rings (SSSR count). The molecule has 27 heavy (non-hydrogen) atoms. The summed E-state index contributed by atoms with van der Waals surface area (Å²) in [6.45, 7) is 6.52. The highest BCUT2D eigenvalue weighted by Gasteiger charge is 2.37. The van der Waals surface area contributed by atoms with E-state index in [1.807, 2.05) is 13.8 Å². The number of halogens is 2. The highest BCUT2D eigenvalue weighted by molar-refractivity contribution is 6.14. The lowest BCUT2D eigenvalue weighted by Gasteiger charge is -2.24. The number of rotatable bonds is 6. The van der Waals surface area contributed by atoms with Crippen LogP contribution in [0.1, 0.15) is 27.7 Å². The van der Waals surface area contributed by atoms with Gasteiger partial charge < -0.3 is 15.4 Å². The van der Waals surface area contributed by atoms with Gasteiger partial charge in [0.2, 0.25) is 11.8 Å². The first-order chi connectivity index (χ1) is 12.6. The molecular formula is C20H22F2N2O3. The SMILES string of the molecule is CC(C)Oc1ccccc1NC(=O)C(C)(C)C(=O)Nc1ccc(F)cc1F. The lowest BCUT2D eigenvalue weighted by atomic mass is 9.90. The van der Waals surface area contributed by atoms with Gasteiger partial charge in [0.1, 0.15) is 22.8 Å². The molecule has 5 nitrogen and oxygen atoms in total. The number of carbonyl (C=O) groups excluding carboxylic acids is 2. The van der Waals surface area contributed by atoms with Crippen molar-refractivity contribution in [2.45, 2.75) is 33.8 Å². The summed E-state index contributed by atoms with van der Waals surface area (Å²) in [4.78, 5) is 25.2. The van der Waals surface area contributed by atoms with Crippen LogP contribution in [0.25, 0.3) is 0 Å². The predicted octanol–water partition coefficient (Wildman–Crippen LogP) is 4.36. The summed E-state index contributed by atoms with van der Waals surface area (Å²) in [5.41, 5.74) is -1.30. The van der Waals surface area contributed by atoms with Gasteiger partial charge in [-0.1, -0.05) is 12.1 Å². The maximum absolute atomic E-state index is 13.7. The molecule has 0 atom stereocenters. The second-order valence-electron chi connectivity index (χ2n) is 6.82. The van der Waals surface area contributed by atoms with Crippen molar-refractivity contribution in [2.75, 3.05) is 10.6 Å². The van der Waals surface area contributed by atoms with Crippen molar-refractivity contribution < 1.29 is 23.1 Å². The van der Waals surface area contributed by atoms with E-state index in [1.54, 1.807) is 24.3 Å². The minimum absolute atomic E-state index is 0.0965. The molecule has 0 heterocycles. The van der Waals surface area contributed by atoms with Crippen LogP contribution >= 0.6 is 0 Å². The fraction of sp³-hybridized carbons (Fsp3) is 0.300. The van der Waals surface area contributed by atoms with E-state index in [9.17, 15) is 18.4 Å². The summed E-state index contributed by atoms with van der Waals surface area (Å²) < 4.78 is 32.4. The molecule has 2 aromatic carbocycles. The minimum Gasteiger partial charge on any atom is -0.489 e. The third kappa shape index (κ3) is 5.03. The molecule has 2 N–H and O–H groups in total. The van der Waals surface area contributed by atoms with Gasteiger partial charge in [-0.05, 0) is 52.0 Å². The van der Waals surface area contributed by atoms with Crippen LogP contribution in [0.15, 0.2) is 42.5 Å². The second-order valence-corrected chi connectivity index (χ2v) is 6.82. The Balaban J connectivity index is 2.16. The molecule has 0 bridgehead atoms. The zero-order chi connectivity index (χ0) is 20.2. The summed E-state index contributed by atoms with van der Waals surface area (Å²) in [6.07, 6.45) is -0.0965. The normalized spacial score (nSPS) is 11.2. The fourth-order valence-electron chi connectivity index (χ4n) is 2.18. The number of para-hydroxylation sites is 2. The molecular weight excluding hydrogens is 354 g/mol. The molecule has 144 valence electrons. The first-order valence-electron chi connectivity index (χ1n) is 8.45. The van der Waals surface area contributed by atoms with Gasteiger partial charge in [0, 0.05) is 6.07 Å². The fourth-order valence-corrected chi connectivity index (χ4v) is 2.18. The molecule has 0 saturated carbocycles. The largest absolute Gasteiger partial charge is 0.489 e. The molecule has 0 aliphatic heterocycles. The molecule has 2 amide bonds. The molecule has 0 radical (unpaired) electrons. The van der Waals surface area contributed by atoms with Crippen LogP contribution < -0.4 is 15.4 Å². The van der Waals surface area contributed by atoms with E-state index in [0.29, 0.717) is 17.5 Å². The molecule has 2 aromatic rings. The molecule has 0 aliphatic rings. The van der Waals surface area contributed by atoms with Crippen LogP contribution in [0.2, 0.25) is 0 Å². The van der Waals surface area contributed by atoms with E-state index in [-0.39, 0.29) is 11.8 Å². The zero-order valence-electron chi connectivity index (χ0n) is 15.6. The van der Waals surface area contributed by atoms with Gasteiger partial charge in [0.05, 0.1) is 17.5 Å². The Morgan fingerprint density at radius 1 is 0.963 bits per heavy atom. The highest BCUT2D eigenvalue weighted by atomic mass is 19.1. The van der Waals surface area contributed by atoms with E-state index in [2.05, 4.69) is 10.6 Å². The van der Waals surface area contributed by atoms with Gasteiger partial charge in [-0.3, -0.25) is 9.59 Å². The molecule has 0 aliphatic carbocycles. The minimum atomic E-state index is -1.52. The number of amides is 2. The molecule has 7 heteroatoms. The van der Waals surface area contributed by atoms with Gasteiger partial charge >= 0.3 is 0 Å². The molecule has 0 spiro atoms. The molecule has 0 aromatic heterocycles. The lowest BCUT2D eigenvalue weighted by molar-refractivity contribution is -0.135. The highest BCUT2D eigenvalue weighted by Crippen LogP contribution is 2.28. The topological polar surface area (TPSA) is 67.4 Å². The Bertz CT molecular complexity index is 851. The number of anilines is 2. The summed E-state index contributed by atoms with van der Waals surface area (Å²) in [5, 5.41) is 4.99. The van der Waals surface area contributed by atoms with Crippen molar-refractivity contribution in [1.82, 2.24) is 0 Å². The van der Waals surface area contributed by atoms with Crippen molar-refractivity contribution in [3.8, 4) is 5.75 Å². The van der Waals surface area contributed by atoms with Crippen molar-refractivity contribution in [3.05, 3.63) is 54.1 Å².